The van der Waals surface area contributed by atoms with Crippen LogP contribution in [0.1, 0.15) is 22.3 Å². The van der Waals surface area contributed by atoms with Gasteiger partial charge in [-0.2, -0.15) is 0 Å². The Morgan fingerprint density at radius 1 is 0.878 bits per heavy atom. The molecule has 0 amide bonds. The van der Waals surface area contributed by atoms with Gasteiger partial charge < -0.3 is 24.3 Å². The molecule has 0 radical (unpaired) electrons. The zero-order valence-corrected chi connectivity index (χ0v) is 23.1. The van der Waals surface area contributed by atoms with Crippen molar-refractivity contribution in [1.82, 2.24) is 5.32 Å². The fraction of sp³-hybridized carbons (Fsp3) is 0.152. The molecule has 0 spiro atoms. The molecule has 0 bridgehead atoms. The lowest BCUT2D eigenvalue weighted by Gasteiger charge is -2.17. The van der Waals surface area contributed by atoms with Crippen LogP contribution >= 0.6 is 11.6 Å². The number of benzene rings is 4. The van der Waals surface area contributed by atoms with E-state index in [0.717, 1.165) is 33.2 Å². The summed E-state index contributed by atoms with van der Waals surface area (Å²) in [7, 11) is 0. The molecule has 0 aliphatic heterocycles. The number of halogens is 1. The predicted molar refractivity (Wildman–Crippen MR) is 159 cm³/mol. The summed E-state index contributed by atoms with van der Waals surface area (Å²) in [5.41, 5.74) is 5.92. The lowest BCUT2D eigenvalue weighted by Crippen LogP contribution is -2.22. The van der Waals surface area contributed by atoms with Gasteiger partial charge in [0, 0.05) is 29.6 Å². The monoisotopic (exact) mass is 569 g/mol. The fourth-order valence-corrected chi connectivity index (χ4v) is 4.79. The van der Waals surface area contributed by atoms with Crippen molar-refractivity contribution in [2.24, 2.45) is 0 Å². The Bertz CT molecular complexity index is 1750. The molecule has 0 saturated carbocycles. The van der Waals surface area contributed by atoms with Crippen molar-refractivity contribution in [2.75, 3.05) is 6.54 Å². The molecule has 0 atom stereocenters. The SMILES string of the molecule is Cc1c(COc2cc(OCc3ccc4ccc(=O)oc4c3)c(CNCC(=O)O)cc2Cl)cccc1-c1ccccc1. The highest BCUT2D eigenvalue weighted by Gasteiger charge is 2.14. The molecule has 7 nitrogen and oxygen atoms in total. The van der Waals surface area contributed by atoms with Crippen LogP contribution in [0.5, 0.6) is 11.5 Å². The molecule has 8 heteroatoms. The summed E-state index contributed by atoms with van der Waals surface area (Å²) in [6.45, 7) is 2.56. The van der Waals surface area contributed by atoms with Crippen molar-refractivity contribution in [2.45, 2.75) is 26.7 Å². The second-order valence-corrected chi connectivity index (χ2v) is 9.95. The van der Waals surface area contributed by atoms with Crippen LogP contribution in [0.25, 0.3) is 22.1 Å². The van der Waals surface area contributed by atoms with Crippen molar-refractivity contribution >= 4 is 28.5 Å². The Kier molecular flexibility index (Phi) is 8.67. The summed E-state index contributed by atoms with van der Waals surface area (Å²) < 4.78 is 17.6. The molecular weight excluding hydrogens is 542 g/mol. The van der Waals surface area contributed by atoms with Crippen LogP contribution < -0.4 is 20.4 Å². The third-order valence-corrected chi connectivity index (χ3v) is 7.00. The predicted octanol–water partition coefficient (Wildman–Crippen LogP) is 6.75. The molecule has 1 aromatic heterocycles. The van der Waals surface area contributed by atoms with Gasteiger partial charge in [-0.1, -0.05) is 72.3 Å². The molecule has 41 heavy (non-hydrogen) atoms. The van der Waals surface area contributed by atoms with Gasteiger partial charge in [-0.05, 0) is 52.9 Å². The van der Waals surface area contributed by atoms with E-state index in [9.17, 15) is 9.59 Å². The molecular formula is C33H28ClNO6. The smallest absolute Gasteiger partial charge is 0.336 e. The molecule has 4 aromatic carbocycles. The molecule has 1 heterocycles. The minimum absolute atomic E-state index is 0.180. The minimum Gasteiger partial charge on any atom is -0.488 e. The van der Waals surface area contributed by atoms with E-state index < -0.39 is 11.6 Å². The second-order valence-electron chi connectivity index (χ2n) is 9.55. The third-order valence-electron chi connectivity index (χ3n) is 6.70. The van der Waals surface area contributed by atoms with Crippen molar-refractivity contribution in [3.8, 4) is 22.6 Å². The van der Waals surface area contributed by atoms with E-state index in [1.54, 1.807) is 24.3 Å². The van der Waals surface area contributed by atoms with Gasteiger partial charge in [-0.3, -0.25) is 4.79 Å². The number of ether oxygens (including phenoxy) is 2. The summed E-state index contributed by atoms with van der Waals surface area (Å²) in [5, 5.41) is 13.1. The number of carboxylic acid groups (broad SMARTS) is 1. The average Bonchev–Trinajstić information content (AvgIpc) is 2.96. The molecule has 5 aromatic rings. The Morgan fingerprint density at radius 3 is 2.46 bits per heavy atom. The lowest BCUT2D eigenvalue weighted by atomic mass is 9.97. The van der Waals surface area contributed by atoms with E-state index in [0.29, 0.717) is 34.3 Å². The number of hydrogen-bond acceptors (Lipinski definition) is 6. The molecule has 5 rings (SSSR count). The van der Waals surface area contributed by atoms with Gasteiger partial charge in [-0.15, -0.1) is 0 Å². The van der Waals surface area contributed by atoms with Crippen LogP contribution in [0.2, 0.25) is 5.02 Å². The highest BCUT2D eigenvalue weighted by molar-refractivity contribution is 6.32. The maximum atomic E-state index is 11.6. The van der Waals surface area contributed by atoms with Gasteiger partial charge in [0.05, 0.1) is 11.6 Å². The maximum Gasteiger partial charge on any atom is 0.336 e. The van der Waals surface area contributed by atoms with E-state index in [2.05, 4.69) is 30.4 Å². The van der Waals surface area contributed by atoms with E-state index in [-0.39, 0.29) is 19.7 Å². The van der Waals surface area contributed by atoms with Crippen molar-refractivity contribution < 1.29 is 23.8 Å². The largest absolute Gasteiger partial charge is 0.488 e. The van der Waals surface area contributed by atoms with Gasteiger partial charge in [0.1, 0.15) is 30.3 Å². The third kappa shape index (κ3) is 6.95. The maximum absolute atomic E-state index is 11.6. The van der Waals surface area contributed by atoms with Gasteiger partial charge in [0.2, 0.25) is 0 Å². The first-order chi connectivity index (χ1) is 19.9. The molecule has 2 N–H and O–H groups in total. The van der Waals surface area contributed by atoms with Gasteiger partial charge in [0.25, 0.3) is 0 Å². The summed E-state index contributed by atoms with van der Waals surface area (Å²) in [4.78, 5) is 22.7. The van der Waals surface area contributed by atoms with Crippen LogP contribution in [-0.2, 0) is 24.6 Å². The summed E-state index contributed by atoms with van der Waals surface area (Å²) in [5.74, 6) is -0.0337. The molecule has 0 aliphatic rings. The summed E-state index contributed by atoms with van der Waals surface area (Å²) in [6.07, 6.45) is 0. The second kappa shape index (κ2) is 12.7. The average molecular weight is 570 g/mol. The number of aliphatic carboxylic acids is 1. The molecule has 208 valence electrons. The Balaban J connectivity index is 1.38. The first kappa shape index (κ1) is 28.0. The quantitative estimate of drug-likeness (QED) is 0.170. The molecule has 0 unspecified atom stereocenters. The molecule has 0 saturated heterocycles. The fourth-order valence-electron chi connectivity index (χ4n) is 4.54. The van der Waals surface area contributed by atoms with E-state index in [1.807, 2.05) is 42.5 Å². The zero-order valence-electron chi connectivity index (χ0n) is 22.4. The highest BCUT2D eigenvalue weighted by atomic mass is 35.5. The summed E-state index contributed by atoms with van der Waals surface area (Å²) in [6, 6.07) is 28.3. The highest BCUT2D eigenvalue weighted by Crippen LogP contribution is 2.35. The Labute approximate surface area is 241 Å². The Morgan fingerprint density at radius 2 is 1.66 bits per heavy atom. The van der Waals surface area contributed by atoms with Crippen LogP contribution in [0.15, 0.2) is 100 Å². The topological polar surface area (TPSA) is 98.0 Å². The first-order valence-corrected chi connectivity index (χ1v) is 13.4. The number of carbonyl (C=O) groups is 1. The minimum atomic E-state index is -0.968. The normalized spacial score (nSPS) is 11.0. The number of rotatable bonds is 11. The van der Waals surface area contributed by atoms with E-state index in [1.165, 1.54) is 6.07 Å². The number of fused-ring (bicyclic) bond motifs is 1. The lowest BCUT2D eigenvalue weighted by molar-refractivity contribution is -0.136. The van der Waals surface area contributed by atoms with Crippen molar-refractivity contribution in [3.05, 3.63) is 129 Å². The van der Waals surface area contributed by atoms with Crippen molar-refractivity contribution in [3.63, 3.8) is 0 Å². The zero-order chi connectivity index (χ0) is 28.8. The van der Waals surface area contributed by atoms with Crippen LogP contribution in [0.4, 0.5) is 0 Å². The van der Waals surface area contributed by atoms with Crippen LogP contribution in [0, 0.1) is 6.92 Å². The van der Waals surface area contributed by atoms with E-state index in [4.69, 9.17) is 30.6 Å². The number of carboxylic acids is 1. The molecule has 0 fully saturated rings. The standard InChI is InChI=1S/C33H28ClNO6/c1-21-25(8-5-9-27(21)23-6-3-2-4-7-23)20-40-31-16-29(26(15-28(31)34)17-35-18-32(36)37)39-19-22-10-11-24-12-13-33(38)41-30(24)14-22/h2-16,35H,17-20H2,1H3,(H,36,37). The van der Waals surface area contributed by atoms with E-state index >= 15 is 0 Å². The molecule has 0 aliphatic carbocycles. The van der Waals surface area contributed by atoms with Crippen LogP contribution in [-0.4, -0.2) is 17.6 Å². The van der Waals surface area contributed by atoms with Gasteiger partial charge in [-0.25, -0.2) is 4.79 Å². The number of nitrogens with one attached hydrogen (secondary N) is 1. The Hall–Kier alpha value is -4.59. The van der Waals surface area contributed by atoms with Crippen molar-refractivity contribution in [1.29, 1.82) is 0 Å². The van der Waals surface area contributed by atoms with Gasteiger partial charge in [0.15, 0.2) is 0 Å². The van der Waals surface area contributed by atoms with Gasteiger partial charge >= 0.3 is 11.6 Å². The number of hydrogen-bond donors (Lipinski definition) is 2. The first-order valence-electron chi connectivity index (χ1n) is 13.0. The summed E-state index contributed by atoms with van der Waals surface area (Å²) >= 11 is 6.61. The van der Waals surface area contributed by atoms with Crippen LogP contribution in [0.3, 0.4) is 0 Å².